The van der Waals surface area contributed by atoms with Gasteiger partial charge >= 0.3 is 0 Å². The first-order valence-corrected chi connectivity index (χ1v) is 7.32. The normalized spacial score (nSPS) is 33.6. The number of hydrogen-bond donors (Lipinski definition) is 1. The maximum Gasteiger partial charge on any atom is 0.110 e. The second-order valence-corrected chi connectivity index (χ2v) is 5.48. The zero-order valence-electron chi connectivity index (χ0n) is 11.4. The fourth-order valence-corrected chi connectivity index (χ4v) is 3.16. The minimum Gasteiger partial charge on any atom is -0.390 e. The zero-order chi connectivity index (χ0) is 13.2. The molecule has 1 aromatic rings. The third-order valence-electron chi connectivity index (χ3n) is 4.23. The molecule has 0 aromatic heterocycles. The first-order chi connectivity index (χ1) is 9.29. The highest BCUT2D eigenvalue weighted by Gasteiger charge is 2.43. The van der Waals surface area contributed by atoms with Crippen molar-refractivity contribution < 1.29 is 14.6 Å². The summed E-state index contributed by atoms with van der Waals surface area (Å²) in [7, 11) is 0. The standard InChI is InChI=1S/C16H22O3/c1-2-18-16-13(17)10-15(16)19-14-9-5-7-11-6-3-4-8-12(11)14/h3-4,6,8,13-17H,2,5,7,9-10H2,1H3. The maximum absolute atomic E-state index is 9.73. The molecule has 4 atom stereocenters. The van der Waals surface area contributed by atoms with E-state index in [-0.39, 0.29) is 24.4 Å². The molecule has 4 unspecified atom stereocenters. The molecule has 1 aromatic carbocycles. The van der Waals surface area contributed by atoms with Gasteiger partial charge in [-0.05, 0) is 37.3 Å². The van der Waals surface area contributed by atoms with Gasteiger partial charge < -0.3 is 14.6 Å². The molecule has 1 fully saturated rings. The third-order valence-corrected chi connectivity index (χ3v) is 4.23. The van der Waals surface area contributed by atoms with E-state index >= 15 is 0 Å². The minimum absolute atomic E-state index is 0.0473. The number of ether oxygens (including phenoxy) is 2. The van der Waals surface area contributed by atoms with Gasteiger partial charge in [-0.2, -0.15) is 0 Å². The summed E-state index contributed by atoms with van der Waals surface area (Å²) in [6.07, 6.45) is 3.82. The third kappa shape index (κ3) is 2.55. The van der Waals surface area contributed by atoms with E-state index in [0.29, 0.717) is 13.0 Å². The van der Waals surface area contributed by atoms with Crippen LogP contribution in [0.15, 0.2) is 24.3 Å². The number of aliphatic hydroxyl groups excluding tert-OH is 1. The van der Waals surface area contributed by atoms with Gasteiger partial charge in [0.1, 0.15) is 6.10 Å². The molecule has 3 nitrogen and oxygen atoms in total. The average molecular weight is 262 g/mol. The van der Waals surface area contributed by atoms with Crippen LogP contribution in [0.2, 0.25) is 0 Å². The van der Waals surface area contributed by atoms with Gasteiger partial charge in [-0.25, -0.2) is 0 Å². The van der Waals surface area contributed by atoms with Crippen molar-refractivity contribution in [1.29, 1.82) is 0 Å². The molecule has 19 heavy (non-hydrogen) atoms. The number of rotatable bonds is 4. The van der Waals surface area contributed by atoms with Gasteiger partial charge in [0.2, 0.25) is 0 Å². The van der Waals surface area contributed by atoms with Crippen molar-refractivity contribution >= 4 is 0 Å². The summed E-state index contributed by atoms with van der Waals surface area (Å²) in [5.41, 5.74) is 2.73. The van der Waals surface area contributed by atoms with Crippen molar-refractivity contribution in [1.82, 2.24) is 0 Å². The molecule has 0 radical (unpaired) electrons. The summed E-state index contributed by atoms with van der Waals surface area (Å²) in [5.74, 6) is 0. The predicted octanol–water partition coefficient (Wildman–Crippen LogP) is 2.62. The van der Waals surface area contributed by atoms with Crippen molar-refractivity contribution in [3.63, 3.8) is 0 Å². The lowest BCUT2D eigenvalue weighted by Crippen LogP contribution is -2.54. The monoisotopic (exact) mass is 262 g/mol. The van der Waals surface area contributed by atoms with E-state index in [9.17, 15) is 5.11 Å². The quantitative estimate of drug-likeness (QED) is 0.906. The highest BCUT2D eigenvalue weighted by molar-refractivity contribution is 5.31. The summed E-state index contributed by atoms with van der Waals surface area (Å²) in [4.78, 5) is 0. The molecule has 3 rings (SSSR count). The van der Waals surface area contributed by atoms with E-state index in [0.717, 1.165) is 12.8 Å². The van der Waals surface area contributed by atoms with Crippen LogP contribution in [0.25, 0.3) is 0 Å². The summed E-state index contributed by atoms with van der Waals surface area (Å²) in [6, 6.07) is 8.54. The molecule has 104 valence electrons. The van der Waals surface area contributed by atoms with Gasteiger partial charge in [0, 0.05) is 13.0 Å². The second kappa shape index (κ2) is 5.61. The summed E-state index contributed by atoms with van der Waals surface area (Å²) in [6.45, 7) is 2.58. The Bertz CT molecular complexity index is 432. The molecule has 0 amide bonds. The number of aliphatic hydroxyl groups is 1. The first-order valence-electron chi connectivity index (χ1n) is 7.32. The molecule has 1 saturated carbocycles. The molecule has 0 spiro atoms. The van der Waals surface area contributed by atoms with Crippen LogP contribution in [0, 0.1) is 0 Å². The van der Waals surface area contributed by atoms with Crippen molar-refractivity contribution in [3.8, 4) is 0 Å². The van der Waals surface area contributed by atoms with Crippen LogP contribution < -0.4 is 0 Å². The Labute approximate surface area is 114 Å². The van der Waals surface area contributed by atoms with Crippen LogP contribution >= 0.6 is 0 Å². The molecule has 2 aliphatic rings. The predicted molar refractivity (Wildman–Crippen MR) is 73.0 cm³/mol. The lowest BCUT2D eigenvalue weighted by atomic mass is 9.85. The smallest absolute Gasteiger partial charge is 0.110 e. The molecular weight excluding hydrogens is 240 g/mol. The number of hydrogen-bond acceptors (Lipinski definition) is 3. The summed E-state index contributed by atoms with van der Waals surface area (Å²) >= 11 is 0. The van der Waals surface area contributed by atoms with E-state index in [2.05, 4.69) is 24.3 Å². The van der Waals surface area contributed by atoms with Crippen LogP contribution in [-0.4, -0.2) is 30.0 Å². The average Bonchev–Trinajstić information content (AvgIpc) is 2.45. The van der Waals surface area contributed by atoms with Gasteiger partial charge in [0.25, 0.3) is 0 Å². The van der Waals surface area contributed by atoms with Crippen molar-refractivity contribution in [3.05, 3.63) is 35.4 Å². The van der Waals surface area contributed by atoms with Gasteiger partial charge in [0.05, 0.1) is 18.3 Å². The Kier molecular flexibility index (Phi) is 3.87. The van der Waals surface area contributed by atoms with E-state index in [1.165, 1.54) is 17.5 Å². The highest BCUT2D eigenvalue weighted by atomic mass is 16.6. The summed E-state index contributed by atoms with van der Waals surface area (Å²) in [5, 5.41) is 9.73. The Morgan fingerprint density at radius 1 is 1.32 bits per heavy atom. The molecule has 0 bridgehead atoms. The van der Waals surface area contributed by atoms with Gasteiger partial charge in [0.15, 0.2) is 0 Å². The summed E-state index contributed by atoms with van der Waals surface area (Å²) < 4.78 is 11.8. The highest BCUT2D eigenvalue weighted by Crippen LogP contribution is 2.37. The molecule has 1 N–H and O–H groups in total. The van der Waals surface area contributed by atoms with E-state index in [1.54, 1.807) is 0 Å². The Hall–Kier alpha value is -0.900. The Balaban J connectivity index is 1.68. The largest absolute Gasteiger partial charge is 0.390 e. The van der Waals surface area contributed by atoms with Crippen LogP contribution in [-0.2, 0) is 15.9 Å². The minimum atomic E-state index is -0.358. The fraction of sp³-hybridized carbons (Fsp3) is 0.625. The molecule has 0 aliphatic heterocycles. The SMILES string of the molecule is CCOC1C(O)CC1OC1CCCc2ccccc21. The Morgan fingerprint density at radius 2 is 2.16 bits per heavy atom. The molecule has 0 heterocycles. The van der Waals surface area contributed by atoms with Gasteiger partial charge in [-0.3, -0.25) is 0 Å². The van der Waals surface area contributed by atoms with E-state index in [1.807, 2.05) is 6.92 Å². The first kappa shape index (κ1) is 13.1. The molecular formula is C16H22O3. The van der Waals surface area contributed by atoms with E-state index in [4.69, 9.17) is 9.47 Å². The van der Waals surface area contributed by atoms with E-state index < -0.39 is 0 Å². The lowest BCUT2D eigenvalue weighted by molar-refractivity contribution is -0.208. The van der Waals surface area contributed by atoms with Gasteiger partial charge in [-0.15, -0.1) is 0 Å². The molecule has 2 aliphatic carbocycles. The lowest BCUT2D eigenvalue weighted by Gasteiger charge is -2.43. The zero-order valence-corrected chi connectivity index (χ0v) is 11.4. The fourth-order valence-electron chi connectivity index (χ4n) is 3.16. The van der Waals surface area contributed by atoms with Crippen molar-refractivity contribution in [2.45, 2.75) is 57.0 Å². The molecule has 0 saturated heterocycles. The topological polar surface area (TPSA) is 38.7 Å². The molecule has 3 heteroatoms. The number of aryl methyl sites for hydroxylation is 1. The second-order valence-electron chi connectivity index (χ2n) is 5.48. The van der Waals surface area contributed by atoms with Crippen molar-refractivity contribution in [2.75, 3.05) is 6.61 Å². The van der Waals surface area contributed by atoms with Crippen LogP contribution in [0.3, 0.4) is 0 Å². The maximum atomic E-state index is 9.73. The van der Waals surface area contributed by atoms with Crippen molar-refractivity contribution in [2.24, 2.45) is 0 Å². The number of benzene rings is 1. The van der Waals surface area contributed by atoms with Gasteiger partial charge in [-0.1, -0.05) is 24.3 Å². The van der Waals surface area contributed by atoms with Crippen LogP contribution in [0.5, 0.6) is 0 Å². The number of fused-ring (bicyclic) bond motifs is 1. The van der Waals surface area contributed by atoms with Crippen LogP contribution in [0.4, 0.5) is 0 Å². The Morgan fingerprint density at radius 3 is 2.95 bits per heavy atom. The van der Waals surface area contributed by atoms with Crippen LogP contribution in [0.1, 0.15) is 43.4 Å².